The molecule has 1 atom stereocenters. The van der Waals surface area contributed by atoms with E-state index in [-0.39, 0.29) is 0 Å². The lowest BCUT2D eigenvalue weighted by molar-refractivity contribution is 0.185. The minimum Gasteiger partial charge on any atom is -0.394 e. The number of nitrogens with two attached hydrogens (primary N) is 2. The van der Waals surface area contributed by atoms with Crippen LogP contribution in [0.1, 0.15) is 12.2 Å². The Morgan fingerprint density at radius 1 is 1.50 bits per heavy atom. The Morgan fingerprint density at radius 3 is 3.00 bits per heavy atom. The molecule has 5 nitrogen and oxygen atoms in total. The monoisotopic (exact) mass is 194 g/mol. The van der Waals surface area contributed by atoms with Gasteiger partial charge in [0, 0.05) is 19.6 Å². The Hall–Kier alpha value is -1.36. The predicted molar refractivity (Wildman–Crippen MR) is 53.5 cm³/mol. The second-order valence-electron chi connectivity index (χ2n) is 3.56. The fraction of sp³-hybridized carbons (Fsp3) is 0.556. The molecule has 0 amide bonds. The number of nitrogens with zero attached hydrogens (tertiary/aromatic N) is 2. The van der Waals surface area contributed by atoms with Crippen LogP contribution >= 0.6 is 0 Å². The zero-order valence-corrected chi connectivity index (χ0v) is 7.94. The van der Waals surface area contributed by atoms with Crippen LogP contribution in [0.3, 0.4) is 0 Å². The summed E-state index contributed by atoms with van der Waals surface area (Å²) < 4.78 is 5.27. The van der Waals surface area contributed by atoms with Crippen molar-refractivity contribution in [3.63, 3.8) is 0 Å². The molecule has 2 rings (SSSR count). The third-order valence-corrected chi connectivity index (χ3v) is 2.39. The van der Waals surface area contributed by atoms with Crippen molar-refractivity contribution in [1.29, 1.82) is 0 Å². The third-order valence-electron chi connectivity index (χ3n) is 2.39. The van der Waals surface area contributed by atoms with Crippen LogP contribution in [-0.2, 0) is 11.2 Å². The van der Waals surface area contributed by atoms with Crippen LogP contribution in [0.2, 0.25) is 0 Å². The molecule has 1 aliphatic rings. The van der Waals surface area contributed by atoms with Gasteiger partial charge < -0.3 is 16.2 Å². The van der Waals surface area contributed by atoms with E-state index in [1.165, 1.54) is 0 Å². The van der Waals surface area contributed by atoms with Gasteiger partial charge in [-0.15, -0.1) is 0 Å². The number of aromatic nitrogens is 2. The van der Waals surface area contributed by atoms with Crippen LogP contribution in [0.25, 0.3) is 0 Å². The molecule has 0 saturated carbocycles. The average Bonchev–Trinajstić information content (AvgIpc) is 2.64. The van der Waals surface area contributed by atoms with Gasteiger partial charge in [0.1, 0.15) is 11.6 Å². The molecule has 1 aromatic heterocycles. The van der Waals surface area contributed by atoms with Gasteiger partial charge in [0.2, 0.25) is 0 Å². The second kappa shape index (κ2) is 3.79. The fourth-order valence-electron chi connectivity index (χ4n) is 1.54. The van der Waals surface area contributed by atoms with Gasteiger partial charge in [0.25, 0.3) is 0 Å². The molecule has 4 N–H and O–H groups in total. The van der Waals surface area contributed by atoms with Crippen molar-refractivity contribution in [2.24, 2.45) is 5.92 Å². The van der Waals surface area contributed by atoms with E-state index in [0.717, 1.165) is 31.9 Å². The molecule has 1 aromatic rings. The molecule has 5 heteroatoms. The van der Waals surface area contributed by atoms with Crippen LogP contribution in [0.5, 0.6) is 0 Å². The molecule has 0 aromatic carbocycles. The van der Waals surface area contributed by atoms with Gasteiger partial charge in [0.15, 0.2) is 0 Å². The van der Waals surface area contributed by atoms with Gasteiger partial charge in [-0.2, -0.15) is 0 Å². The first kappa shape index (κ1) is 9.21. The molecule has 0 bridgehead atoms. The smallest absolute Gasteiger partial charge is 0.150 e. The highest BCUT2D eigenvalue weighted by molar-refractivity contribution is 5.55. The first-order valence-corrected chi connectivity index (χ1v) is 4.70. The Balaban J connectivity index is 2.05. The molecule has 2 heterocycles. The zero-order chi connectivity index (χ0) is 9.97. The quantitative estimate of drug-likeness (QED) is 0.703. The van der Waals surface area contributed by atoms with E-state index < -0.39 is 0 Å². The molecule has 14 heavy (non-hydrogen) atoms. The molecule has 0 spiro atoms. The summed E-state index contributed by atoms with van der Waals surface area (Å²) in [5, 5.41) is 0. The Morgan fingerprint density at radius 2 is 2.36 bits per heavy atom. The molecule has 0 radical (unpaired) electrons. The fourth-order valence-corrected chi connectivity index (χ4v) is 1.54. The normalized spacial score (nSPS) is 21.3. The van der Waals surface area contributed by atoms with Crippen LogP contribution in [-0.4, -0.2) is 23.2 Å². The minimum atomic E-state index is 0.369. The van der Waals surface area contributed by atoms with Gasteiger partial charge in [-0.3, -0.25) is 0 Å². The number of rotatable bonds is 2. The molecule has 0 aliphatic carbocycles. The maximum atomic E-state index is 5.59. The lowest BCUT2D eigenvalue weighted by atomic mass is 10.1. The minimum absolute atomic E-state index is 0.369. The summed E-state index contributed by atoms with van der Waals surface area (Å²) >= 11 is 0. The maximum Gasteiger partial charge on any atom is 0.150 e. The van der Waals surface area contributed by atoms with Crippen LogP contribution in [0, 0.1) is 5.92 Å². The summed E-state index contributed by atoms with van der Waals surface area (Å²) in [5.41, 5.74) is 11.6. The Bertz CT molecular complexity index is 323. The highest BCUT2D eigenvalue weighted by atomic mass is 16.5. The van der Waals surface area contributed by atoms with E-state index in [9.17, 15) is 0 Å². The first-order chi connectivity index (χ1) is 6.75. The van der Waals surface area contributed by atoms with E-state index in [1.54, 1.807) is 6.20 Å². The summed E-state index contributed by atoms with van der Waals surface area (Å²) in [6.07, 6.45) is 3.46. The van der Waals surface area contributed by atoms with Crippen LogP contribution < -0.4 is 11.5 Å². The second-order valence-corrected chi connectivity index (χ2v) is 3.56. The van der Waals surface area contributed by atoms with Crippen molar-refractivity contribution in [1.82, 2.24) is 9.97 Å². The van der Waals surface area contributed by atoms with Gasteiger partial charge in [-0.25, -0.2) is 9.97 Å². The largest absolute Gasteiger partial charge is 0.394 e. The Kier molecular flexibility index (Phi) is 2.49. The van der Waals surface area contributed by atoms with Crippen molar-refractivity contribution >= 4 is 11.5 Å². The summed E-state index contributed by atoms with van der Waals surface area (Å²) in [6, 6.07) is 0. The molecular weight excluding hydrogens is 180 g/mol. The number of ether oxygens (including phenoxy) is 1. The van der Waals surface area contributed by atoms with Crippen molar-refractivity contribution in [3.8, 4) is 0 Å². The zero-order valence-electron chi connectivity index (χ0n) is 7.94. The number of anilines is 2. The van der Waals surface area contributed by atoms with Crippen molar-refractivity contribution in [2.45, 2.75) is 12.8 Å². The molecule has 1 unspecified atom stereocenters. The van der Waals surface area contributed by atoms with E-state index in [1.807, 2.05) is 0 Å². The molecule has 1 aliphatic heterocycles. The summed E-state index contributed by atoms with van der Waals surface area (Å²) in [7, 11) is 0. The van der Waals surface area contributed by atoms with E-state index in [2.05, 4.69) is 9.97 Å². The lowest BCUT2D eigenvalue weighted by Crippen LogP contribution is -2.09. The summed E-state index contributed by atoms with van der Waals surface area (Å²) in [6.45, 7) is 1.64. The third kappa shape index (κ3) is 1.93. The van der Waals surface area contributed by atoms with Gasteiger partial charge in [0.05, 0.1) is 11.9 Å². The topological polar surface area (TPSA) is 87.0 Å². The number of hydrogen-bond acceptors (Lipinski definition) is 5. The van der Waals surface area contributed by atoms with Gasteiger partial charge in [-0.1, -0.05) is 0 Å². The summed E-state index contributed by atoms with van der Waals surface area (Å²) in [5.74, 6) is 1.65. The number of nitrogen functional groups attached to an aromatic ring is 2. The van der Waals surface area contributed by atoms with E-state index in [4.69, 9.17) is 16.2 Å². The highest BCUT2D eigenvalue weighted by Gasteiger charge is 2.17. The van der Waals surface area contributed by atoms with Crippen LogP contribution in [0.4, 0.5) is 11.5 Å². The van der Waals surface area contributed by atoms with Crippen molar-refractivity contribution in [2.75, 3.05) is 24.7 Å². The van der Waals surface area contributed by atoms with Gasteiger partial charge in [-0.05, 0) is 12.3 Å². The molecular formula is C9H14N4O. The average molecular weight is 194 g/mol. The van der Waals surface area contributed by atoms with Crippen molar-refractivity contribution < 1.29 is 4.74 Å². The highest BCUT2D eigenvalue weighted by Crippen LogP contribution is 2.17. The predicted octanol–water partition coefficient (Wildman–Crippen LogP) is 0.220. The SMILES string of the molecule is Nc1cnc(CC2CCOC2)nc1N. The Labute approximate surface area is 82.5 Å². The molecule has 76 valence electrons. The van der Waals surface area contributed by atoms with Gasteiger partial charge >= 0.3 is 0 Å². The maximum absolute atomic E-state index is 5.59. The molecule has 1 saturated heterocycles. The molecule has 1 fully saturated rings. The summed E-state index contributed by atoms with van der Waals surface area (Å²) in [4.78, 5) is 8.25. The first-order valence-electron chi connectivity index (χ1n) is 4.70. The van der Waals surface area contributed by atoms with E-state index >= 15 is 0 Å². The van der Waals surface area contributed by atoms with E-state index in [0.29, 0.717) is 17.4 Å². The van der Waals surface area contributed by atoms with Crippen LogP contribution in [0.15, 0.2) is 6.20 Å². The standard InChI is InChI=1S/C9H14N4O/c10-7-4-12-8(13-9(7)11)3-6-1-2-14-5-6/h4,6H,1-3,5,10H2,(H2,11,12,13). The van der Waals surface area contributed by atoms with Crippen molar-refractivity contribution in [3.05, 3.63) is 12.0 Å². The lowest BCUT2D eigenvalue weighted by Gasteiger charge is -2.06. The number of hydrogen-bond donors (Lipinski definition) is 2.